The molecule has 11 heavy (non-hydrogen) atoms. The van der Waals surface area contributed by atoms with Crippen LogP contribution in [0.15, 0.2) is 36.7 Å². The van der Waals surface area contributed by atoms with Crippen molar-refractivity contribution in [3.8, 4) is 0 Å². The lowest BCUT2D eigenvalue weighted by molar-refractivity contribution is 0.471. The summed E-state index contributed by atoms with van der Waals surface area (Å²) < 4.78 is 0. The Kier molecular flexibility index (Phi) is 5.21. The second-order valence-corrected chi connectivity index (χ2v) is 1.91. The van der Waals surface area contributed by atoms with Crippen molar-refractivity contribution in [3.05, 3.63) is 42.4 Å². The summed E-state index contributed by atoms with van der Waals surface area (Å²) in [7, 11) is 0. The molecule has 0 saturated carbocycles. The van der Waals surface area contributed by atoms with Crippen LogP contribution in [0.2, 0.25) is 0 Å². The molecule has 0 fully saturated rings. The molecule has 3 heteroatoms. The van der Waals surface area contributed by atoms with Gasteiger partial charge in [-0.3, -0.25) is 4.98 Å². The Balaban J connectivity index is 0.000001000. The Morgan fingerprint density at radius 3 is 2.82 bits per heavy atom. The van der Waals surface area contributed by atoms with Crippen LogP contribution in [0.3, 0.4) is 0 Å². The number of allylic oxidation sites excluding steroid dienone is 1. The molecule has 1 N–H and O–H groups in total. The van der Waals surface area contributed by atoms with Crippen LogP contribution in [-0.4, -0.2) is 10.1 Å². The van der Waals surface area contributed by atoms with Gasteiger partial charge in [0.25, 0.3) is 0 Å². The predicted octanol–water partition coefficient (Wildman–Crippen LogP) is 2.12. The van der Waals surface area contributed by atoms with Gasteiger partial charge in [0.2, 0.25) is 0 Å². The molecule has 1 heterocycles. The molecule has 0 atom stereocenters. The zero-order valence-electron chi connectivity index (χ0n) is 5.97. The van der Waals surface area contributed by atoms with Crippen molar-refractivity contribution in [1.29, 1.82) is 0 Å². The number of aliphatic hydroxyl groups excluding tert-OH is 1. The van der Waals surface area contributed by atoms with E-state index in [1.807, 2.05) is 18.2 Å². The van der Waals surface area contributed by atoms with Crippen molar-refractivity contribution in [2.75, 3.05) is 0 Å². The molecule has 0 bridgehead atoms. The number of halogens is 1. The number of hydrogen-bond donors (Lipinski definition) is 1. The van der Waals surface area contributed by atoms with Gasteiger partial charge in [0.1, 0.15) is 0 Å². The van der Waals surface area contributed by atoms with Gasteiger partial charge in [-0.1, -0.05) is 6.07 Å². The second kappa shape index (κ2) is 5.74. The van der Waals surface area contributed by atoms with Crippen LogP contribution in [0, 0.1) is 0 Å². The van der Waals surface area contributed by atoms with Crippen molar-refractivity contribution in [1.82, 2.24) is 4.98 Å². The number of nitrogens with zero attached hydrogens (tertiary/aromatic N) is 1. The highest BCUT2D eigenvalue weighted by molar-refractivity contribution is 5.85. The first-order chi connectivity index (χ1) is 4.93. The van der Waals surface area contributed by atoms with Crippen LogP contribution < -0.4 is 0 Å². The Morgan fingerprint density at radius 2 is 2.27 bits per heavy atom. The van der Waals surface area contributed by atoms with Gasteiger partial charge < -0.3 is 5.11 Å². The van der Waals surface area contributed by atoms with E-state index in [2.05, 4.69) is 4.98 Å². The van der Waals surface area contributed by atoms with Gasteiger partial charge in [-0.05, 0) is 18.2 Å². The third kappa shape index (κ3) is 3.63. The fraction of sp³-hybridized carbons (Fsp3) is 0.125. The quantitative estimate of drug-likeness (QED) is 0.692. The normalized spacial score (nSPS) is 9.45. The van der Waals surface area contributed by atoms with E-state index >= 15 is 0 Å². The highest BCUT2D eigenvalue weighted by Gasteiger charge is 1.85. The summed E-state index contributed by atoms with van der Waals surface area (Å²) in [4.78, 5) is 4.05. The smallest absolute Gasteiger partial charge is 0.0755 e. The fourth-order valence-corrected chi connectivity index (χ4v) is 0.692. The van der Waals surface area contributed by atoms with Gasteiger partial charge in [0.05, 0.1) is 6.26 Å². The van der Waals surface area contributed by atoms with Gasteiger partial charge >= 0.3 is 0 Å². The molecule has 0 unspecified atom stereocenters. The fourth-order valence-electron chi connectivity index (χ4n) is 0.692. The average molecular weight is 172 g/mol. The highest BCUT2D eigenvalue weighted by atomic mass is 35.5. The first-order valence-corrected chi connectivity index (χ1v) is 3.12. The van der Waals surface area contributed by atoms with Gasteiger partial charge in [0.15, 0.2) is 0 Å². The van der Waals surface area contributed by atoms with E-state index in [-0.39, 0.29) is 12.4 Å². The van der Waals surface area contributed by atoms with Crippen LogP contribution in [0.4, 0.5) is 0 Å². The third-order valence-corrected chi connectivity index (χ3v) is 1.16. The molecule has 0 aliphatic rings. The molecule has 2 nitrogen and oxygen atoms in total. The predicted molar refractivity (Wildman–Crippen MR) is 47.0 cm³/mol. The maximum absolute atomic E-state index is 8.32. The van der Waals surface area contributed by atoms with E-state index in [0.29, 0.717) is 6.42 Å². The van der Waals surface area contributed by atoms with Crippen molar-refractivity contribution in [2.24, 2.45) is 0 Å². The number of hydrogen-bond acceptors (Lipinski definition) is 2. The standard InChI is InChI=1S/C8H9NO.ClH/c10-7-3-5-8-4-1-2-6-9-8;/h1-4,6-7,10H,5H2;1H. The summed E-state index contributed by atoms with van der Waals surface area (Å²) in [6.07, 6.45) is 5.12. The Hall–Kier alpha value is -1.02. The molecule has 0 radical (unpaired) electrons. The maximum Gasteiger partial charge on any atom is 0.0755 e. The van der Waals surface area contributed by atoms with Crippen molar-refractivity contribution < 1.29 is 5.11 Å². The molecule has 0 amide bonds. The highest BCUT2D eigenvalue weighted by Crippen LogP contribution is 1.94. The van der Waals surface area contributed by atoms with Crippen molar-refractivity contribution >= 4 is 12.4 Å². The Labute approximate surface area is 72.0 Å². The van der Waals surface area contributed by atoms with Gasteiger partial charge in [-0.15, -0.1) is 12.4 Å². The molecular weight excluding hydrogens is 162 g/mol. The maximum atomic E-state index is 8.32. The minimum absolute atomic E-state index is 0. The van der Waals surface area contributed by atoms with Crippen LogP contribution in [0.25, 0.3) is 0 Å². The molecule has 1 aromatic rings. The summed E-state index contributed by atoms with van der Waals surface area (Å²) in [5.74, 6) is 0. The molecule has 1 rings (SSSR count). The van der Waals surface area contributed by atoms with E-state index in [1.54, 1.807) is 12.3 Å². The summed E-state index contributed by atoms with van der Waals surface area (Å²) in [6, 6.07) is 5.71. The average Bonchev–Trinajstić information content (AvgIpc) is 2.03. The van der Waals surface area contributed by atoms with Crippen molar-refractivity contribution in [2.45, 2.75) is 6.42 Å². The van der Waals surface area contributed by atoms with Gasteiger partial charge in [0, 0.05) is 18.3 Å². The second-order valence-electron chi connectivity index (χ2n) is 1.91. The lowest BCUT2D eigenvalue weighted by Gasteiger charge is -1.90. The minimum atomic E-state index is 0. The molecule has 1 aromatic heterocycles. The number of pyridine rings is 1. The van der Waals surface area contributed by atoms with Crippen molar-refractivity contribution in [3.63, 3.8) is 0 Å². The summed E-state index contributed by atoms with van der Waals surface area (Å²) in [5, 5.41) is 8.32. The Bertz CT molecular complexity index is 211. The molecule has 0 saturated heterocycles. The van der Waals surface area contributed by atoms with Crippen LogP contribution in [0.5, 0.6) is 0 Å². The van der Waals surface area contributed by atoms with Crippen LogP contribution >= 0.6 is 12.4 Å². The summed E-state index contributed by atoms with van der Waals surface area (Å²) >= 11 is 0. The van der Waals surface area contributed by atoms with E-state index in [1.165, 1.54) is 0 Å². The zero-order valence-corrected chi connectivity index (χ0v) is 6.79. The minimum Gasteiger partial charge on any atom is -0.516 e. The Morgan fingerprint density at radius 1 is 1.45 bits per heavy atom. The number of rotatable bonds is 2. The van der Waals surface area contributed by atoms with E-state index in [4.69, 9.17) is 5.11 Å². The molecule has 0 aliphatic carbocycles. The lowest BCUT2D eigenvalue weighted by atomic mass is 10.3. The van der Waals surface area contributed by atoms with Gasteiger partial charge in [-0.25, -0.2) is 0 Å². The summed E-state index contributed by atoms with van der Waals surface area (Å²) in [5.41, 5.74) is 0.966. The molecular formula is C8H10ClNO. The number of aromatic nitrogens is 1. The summed E-state index contributed by atoms with van der Waals surface area (Å²) in [6.45, 7) is 0. The molecule has 60 valence electrons. The zero-order chi connectivity index (χ0) is 7.23. The van der Waals surface area contributed by atoms with Crippen LogP contribution in [0.1, 0.15) is 5.69 Å². The van der Waals surface area contributed by atoms with E-state index in [0.717, 1.165) is 12.0 Å². The monoisotopic (exact) mass is 171 g/mol. The molecule has 0 aromatic carbocycles. The van der Waals surface area contributed by atoms with E-state index in [9.17, 15) is 0 Å². The molecule has 0 spiro atoms. The van der Waals surface area contributed by atoms with E-state index < -0.39 is 0 Å². The lowest BCUT2D eigenvalue weighted by Crippen LogP contribution is -1.83. The first-order valence-electron chi connectivity index (χ1n) is 3.12. The largest absolute Gasteiger partial charge is 0.516 e. The van der Waals surface area contributed by atoms with Crippen LogP contribution in [-0.2, 0) is 6.42 Å². The first kappa shape index (κ1) is 9.98. The SMILES string of the molecule is Cl.OC=CCc1ccccn1. The molecule has 0 aliphatic heterocycles. The third-order valence-electron chi connectivity index (χ3n) is 1.16. The van der Waals surface area contributed by atoms with Gasteiger partial charge in [-0.2, -0.15) is 0 Å². The number of aliphatic hydroxyl groups is 1. The topological polar surface area (TPSA) is 33.1 Å².